The molecule has 4 heteroatoms. The normalized spacial score (nSPS) is 14.0. The summed E-state index contributed by atoms with van der Waals surface area (Å²) in [6.07, 6.45) is 0. The quantitative estimate of drug-likeness (QED) is 0.749. The summed E-state index contributed by atoms with van der Waals surface area (Å²) in [5.41, 5.74) is 0. The molecule has 1 aromatic rings. The summed E-state index contributed by atoms with van der Waals surface area (Å²) in [7, 11) is -3.46. The SMILES string of the molecule is CC(CF)S(=O)(=O)c1ccccc1. The molecule has 0 spiro atoms. The van der Waals surface area contributed by atoms with E-state index in [2.05, 4.69) is 0 Å². The molecule has 0 saturated carbocycles. The highest BCUT2D eigenvalue weighted by atomic mass is 32.2. The first-order chi connectivity index (χ1) is 6.09. The lowest BCUT2D eigenvalue weighted by Gasteiger charge is -2.08. The molecule has 1 atom stereocenters. The van der Waals surface area contributed by atoms with Crippen LogP contribution >= 0.6 is 0 Å². The van der Waals surface area contributed by atoms with Crippen LogP contribution in [0.15, 0.2) is 35.2 Å². The molecular weight excluding hydrogens is 191 g/mol. The van der Waals surface area contributed by atoms with Crippen molar-refractivity contribution in [3.05, 3.63) is 30.3 Å². The van der Waals surface area contributed by atoms with Crippen LogP contribution in [0, 0.1) is 0 Å². The van der Waals surface area contributed by atoms with Gasteiger partial charge in [-0.15, -0.1) is 0 Å². The van der Waals surface area contributed by atoms with Crippen molar-refractivity contribution in [2.24, 2.45) is 0 Å². The number of hydrogen-bond acceptors (Lipinski definition) is 2. The molecule has 0 aliphatic rings. The lowest BCUT2D eigenvalue weighted by atomic mass is 10.4. The molecule has 0 aromatic heterocycles. The van der Waals surface area contributed by atoms with Crippen molar-refractivity contribution in [2.75, 3.05) is 6.67 Å². The standard InChI is InChI=1S/C9H11FO2S/c1-8(7-10)13(11,12)9-5-3-2-4-6-9/h2-6,8H,7H2,1H3. The van der Waals surface area contributed by atoms with Gasteiger partial charge >= 0.3 is 0 Å². The van der Waals surface area contributed by atoms with Crippen molar-refractivity contribution in [3.63, 3.8) is 0 Å². The Morgan fingerprint density at radius 1 is 1.31 bits per heavy atom. The number of rotatable bonds is 3. The van der Waals surface area contributed by atoms with Gasteiger partial charge in [0.2, 0.25) is 0 Å². The summed E-state index contributed by atoms with van der Waals surface area (Å²) in [6.45, 7) is 0.513. The van der Waals surface area contributed by atoms with E-state index in [-0.39, 0.29) is 4.90 Å². The van der Waals surface area contributed by atoms with Gasteiger partial charge in [0, 0.05) is 0 Å². The average Bonchev–Trinajstić information content (AvgIpc) is 2.18. The highest BCUT2D eigenvalue weighted by molar-refractivity contribution is 7.92. The van der Waals surface area contributed by atoms with Crippen molar-refractivity contribution in [2.45, 2.75) is 17.1 Å². The van der Waals surface area contributed by atoms with Crippen LogP contribution in [0.3, 0.4) is 0 Å². The molecule has 72 valence electrons. The number of sulfone groups is 1. The molecule has 2 nitrogen and oxygen atoms in total. The fraction of sp³-hybridized carbons (Fsp3) is 0.333. The molecule has 0 amide bonds. The van der Waals surface area contributed by atoms with E-state index in [0.717, 1.165) is 0 Å². The van der Waals surface area contributed by atoms with E-state index in [1.54, 1.807) is 18.2 Å². The zero-order valence-electron chi connectivity index (χ0n) is 7.27. The van der Waals surface area contributed by atoms with E-state index in [1.165, 1.54) is 19.1 Å². The first-order valence-electron chi connectivity index (χ1n) is 3.94. The summed E-state index contributed by atoms with van der Waals surface area (Å²) in [4.78, 5) is 0.181. The third kappa shape index (κ3) is 2.06. The Bertz CT molecular complexity index is 358. The van der Waals surface area contributed by atoms with Crippen molar-refractivity contribution >= 4 is 9.84 Å². The van der Waals surface area contributed by atoms with Crippen molar-refractivity contribution < 1.29 is 12.8 Å². The molecule has 1 aromatic carbocycles. The van der Waals surface area contributed by atoms with Gasteiger partial charge < -0.3 is 0 Å². The van der Waals surface area contributed by atoms with Gasteiger partial charge in [0.1, 0.15) is 6.67 Å². The van der Waals surface area contributed by atoms with Gasteiger partial charge in [0.25, 0.3) is 0 Å². The molecule has 13 heavy (non-hydrogen) atoms. The largest absolute Gasteiger partial charge is 0.250 e. The second kappa shape index (κ2) is 3.87. The van der Waals surface area contributed by atoms with Crippen molar-refractivity contribution in [1.29, 1.82) is 0 Å². The molecule has 0 heterocycles. The van der Waals surface area contributed by atoms with E-state index in [9.17, 15) is 12.8 Å². The summed E-state index contributed by atoms with van der Waals surface area (Å²) in [5.74, 6) is 0. The van der Waals surface area contributed by atoms with Crippen molar-refractivity contribution in [1.82, 2.24) is 0 Å². The van der Waals surface area contributed by atoms with Crippen LogP contribution in [0.2, 0.25) is 0 Å². The molecule has 0 radical (unpaired) electrons. The van der Waals surface area contributed by atoms with Crippen LogP contribution in [-0.2, 0) is 9.84 Å². The maximum absolute atomic E-state index is 12.2. The fourth-order valence-corrected chi connectivity index (χ4v) is 2.09. The molecule has 1 rings (SSSR count). The zero-order chi connectivity index (χ0) is 9.90. The van der Waals surface area contributed by atoms with E-state index >= 15 is 0 Å². The van der Waals surface area contributed by atoms with Gasteiger partial charge in [-0.2, -0.15) is 0 Å². The maximum Gasteiger partial charge on any atom is 0.183 e. The average molecular weight is 202 g/mol. The molecule has 1 unspecified atom stereocenters. The van der Waals surface area contributed by atoms with Gasteiger partial charge in [0.05, 0.1) is 10.1 Å². The molecule has 0 saturated heterocycles. The van der Waals surface area contributed by atoms with E-state index in [0.29, 0.717) is 0 Å². The minimum atomic E-state index is -3.46. The fourth-order valence-electron chi connectivity index (χ4n) is 0.925. The molecule has 0 bridgehead atoms. The number of benzene rings is 1. The molecular formula is C9H11FO2S. The van der Waals surface area contributed by atoms with Crippen LogP contribution in [0.25, 0.3) is 0 Å². The second-order valence-corrected chi connectivity index (χ2v) is 5.19. The molecule has 0 aliphatic carbocycles. The molecule has 0 fully saturated rings. The number of hydrogen-bond donors (Lipinski definition) is 0. The molecule has 0 N–H and O–H groups in total. The van der Waals surface area contributed by atoms with E-state index in [1.807, 2.05) is 0 Å². The summed E-state index contributed by atoms with van der Waals surface area (Å²) >= 11 is 0. The Kier molecular flexibility index (Phi) is 3.03. The van der Waals surface area contributed by atoms with Gasteiger partial charge in [-0.25, -0.2) is 12.8 Å². The number of halogens is 1. The zero-order valence-corrected chi connectivity index (χ0v) is 8.09. The van der Waals surface area contributed by atoms with Crippen LogP contribution in [0.5, 0.6) is 0 Å². The first-order valence-corrected chi connectivity index (χ1v) is 5.48. The predicted octanol–water partition coefficient (Wildman–Crippen LogP) is 1.82. The highest BCUT2D eigenvalue weighted by Gasteiger charge is 2.22. The smallest absolute Gasteiger partial charge is 0.183 e. The third-order valence-corrected chi connectivity index (χ3v) is 3.93. The van der Waals surface area contributed by atoms with Crippen LogP contribution in [0.4, 0.5) is 4.39 Å². The van der Waals surface area contributed by atoms with Gasteiger partial charge in [0.15, 0.2) is 9.84 Å². The minimum absolute atomic E-state index is 0.181. The summed E-state index contributed by atoms with van der Waals surface area (Å²) in [5, 5.41) is -0.963. The van der Waals surface area contributed by atoms with E-state index < -0.39 is 21.8 Å². The highest BCUT2D eigenvalue weighted by Crippen LogP contribution is 2.15. The van der Waals surface area contributed by atoms with Crippen LogP contribution in [0.1, 0.15) is 6.92 Å². The van der Waals surface area contributed by atoms with E-state index in [4.69, 9.17) is 0 Å². The van der Waals surface area contributed by atoms with Gasteiger partial charge in [-0.1, -0.05) is 18.2 Å². The lowest BCUT2D eigenvalue weighted by Crippen LogP contribution is -2.19. The second-order valence-electron chi connectivity index (χ2n) is 2.82. The Morgan fingerprint density at radius 3 is 2.31 bits per heavy atom. The monoisotopic (exact) mass is 202 g/mol. The topological polar surface area (TPSA) is 34.1 Å². The van der Waals surface area contributed by atoms with Gasteiger partial charge in [-0.05, 0) is 19.1 Å². The lowest BCUT2D eigenvalue weighted by molar-refractivity contribution is 0.476. The molecule has 0 aliphatic heterocycles. The maximum atomic E-state index is 12.2. The van der Waals surface area contributed by atoms with Gasteiger partial charge in [-0.3, -0.25) is 0 Å². The Morgan fingerprint density at radius 2 is 1.85 bits per heavy atom. The van der Waals surface area contributed by atoms with Crippen LogP contribution < -0.4 is 0 Å². The first kappa shape index (κ1) is 10.2. The number of alkyl halides is 1. The third-order valence-electron chi connectivity index (χ3n) is 1.82. The predicted molar refractivity (Wildman–Crippen MR) is 49.1 cm³/mol. The minimum Gasteiger partial charge on any atom is -0.250 e. The Labute approximate surface area is 77.3 Å². The Hall–Kier alpha value is -0.900. The summed E-state index contributed by atoms with van der Waals surface area (Å²) in [6, 6.07) is 7.91. The Balaban J connectivity index is 3.09. The summed E-state index contributed by atoms with van der Waals surface area (Å²) < 4.78 is 35.2. The van der Waals surface area contributed by atoms with Crippen molar-refractivity contribution in [3.8, 4) is 0 Å². The van der Waals surface area contributed by atoms with Crippen LogP contribution in [-0.4, -0.2) is 20.3 Å².